The summed E-state index contributed by atoms with van der Waals surface area (Å²) >= 11 is 0. The van der Waals surface area contributed by atoms with Crippen molar-refractivity contribution in [2.24, 2.45) is 11.3 Å². The molecule has 0 bridgehead atoms. The Morgan fingerprint density at radius 2 is 1.88 bits per heavy atom. The van der Waals surface area contributed by atoms with Gasteiger partial charge in [-0.25, -0.2) is 0 Å². The van der Waals surface area contributed by atoms with Crippen LogP contribution in [0.4, 0.5) is 0 Å². The topological polar surface area (TPSA) is 29.1 Å². The summed E-state index contributed by atoms with van der Waals surface area (Å²) in [5.41, 5.74) is 5.40. The van der Waals surface area contributed by atoms with E-state index in [0.29, 0.717) is 5.92 Å². The van der Waals surface area contributed by atoms with Gasteiger partial charge in [0.05, 0.1) is 0 Å². The molecule has 2 heteroatoms. The molecule has 1 aliphatic carbocycles. The van der Waals surface area contributed by atoms with Gasteiger partial charge >= 0.3 is 0 Å². The lowest BCUT2D eigenvalue weighted by molar-refractivity contribution is -0.116. The van der Waals surface area contributed by atoms with Crippen LogP contribution in [0.25, 0.3) is 0 Å². The van der Waals surface area contributed by atoms with Crippen LogP contribution >= 0.6 is 0 Å². The van der Waals surface area contributed by atoms with Crippen molar-refractivity contribution in [1.29, 1.82) is 0 Å². The molecule has 132 valence electrons. The van der Waals surface area contributed by atoms with Gasteiger partial charge in [-0.2, -0.15) is 0 Å². The lowest BCUT2D eigenvalue weighted by atomic mass is 9.69. The zero-order chi connectivity index (χ0) is 18.3. The van der Waals surface area contributed by atoms with Crippen molar-refractivity contribution in [3.63, 3.8) is 0 Å². The molecule has 0 aliphatic heterocycles. The predicted octanol–water partition coefficient (Wildman–Crippen LogP) is 5.51. The van der Waals surface area contributed by atoms with Gasteiger partial charge in [0.1, 0.15) is 0 Å². The summed E-state index contributed by atoms with van der Waals surface area (Å²) < 4.78 is 0. The highest BCUT2D eigenvalue weighted by atomic mass is 16.1. The number of amides is 1. The maximum Gasteiger partial charge on any atom is 0.243 e. The summed E-state index contributed by atoms with van der Waals surface area (Å²) in [6.45, 7) is 13.3. The van der Waals surface area contributed by atoms with Crippen LogP contribution in [0.3, 0.4) is 0 Å². The molecule has 24 heavy (non-hydrogen) atoms. The molecule has 0 aromatic heterocycles. The molecule has 0 spiro atoms. The smallest absolute Gasteiger partial charge is 0.243 e. The minimum absolute atomic E-state index is 0.0752. The molecular formula is C22H33NO. The Hall–Kier alpha value is -1.83. The zero-order valence-electron chi connectivity index (χ0n) is 16.4. The average molecular weight is 328 g/mol. The number of nitrogens with one attached hydrogen (secondary N) is 1. The van der Waals surface area contributed by atoms with Gasteiger partial charge < -0.3 is 5.32 Å². The van der Waals surface area contributed by atoms with Gasteiger partial charge in [0, 0.05) is 13.1 Å². The number of hydrogen-bond acceptors (Lipinski definition) is 1. The first-order valence-electron chi connectivity index (χ1n) is 8.81. The van der Waals surface area contributed by atoms with Crippen molar-refractivity contribution in [2.45, 2.75) is 54.4 Å². The molecule has 1 aliphatic rings. The Morgan fingerprint density at radius 1 is 1.21 bits per heavy atom. The van der Waals surface area contributed by atoms with Crippen LogP contribution in [-0.4, -0.2) is 13.0 Å². The van der Waals surface area contributed by atoms with E-state index in [2.05, 4.69) is 58.2 Å². The average Bonchev–Trinajstić information content (AvgIpc) is 2.51. The van der Waals surface area contributed by atoms with Gasteiger partial charge in [-0.05, 0) is 56.1 Å². The summed E-state index contributed by atoms with van der Waals surface area (Å²) in [6.07, 6.45) is 14.6. The zero-order valence-corrected chi connectivity index (χ0v) is 16.4. The number of likely N-dealkylation sites (N-methyl/N-ethyl adjacent to an activating group) is 1. The number of hydrogen-bond donors (Lipinski definition) is 1. The lowest BCUT2D eigenvalue weighted by Crippen LogP contribution is -2.23. The van der Waals surface area contributed by atoms with Crippen LogP contribution in [0.2, 0.25) is 0 Å². The Morgan fingerprint density at radius 3 is 2.50 bits per heavy atom. The normalized spacial score (nSPS) is 22.5. The van der Waals surface area contributed by atoms with E-state index in [9.17, 15) is 4.79 Å². The lowest BCUT2D eigenvalue weighted by Gasteiger charge is -2.36. The van der Waals surface area contributed by atoms with Gasteiger partial charge in [-0.3, -0.25) is 4.79 Å². The molecule has 0 fully saturated rings. The second-order valence-electron chi connectivity index (χ2n) is 7.53. The Bertz CT molecular complexity index is 612. The largest absolute Gasteiger partial charge is 0.356 e. The van der Waals surface area contributed by atoms with Crippen LogP contribution in [-0.2, 0) is 4.79 Å². The summed E-state index contributed by atoms with van der Waals surface area (Å²) in [7, 11) is 1.63. The molecule has 1 N–H and O–H groups in total. The first-order chi connectivity index (χ1) is 11.2. The number of allylic oxidation sites excluding steroid dienone is 9. The summed E-state index contributed by atoms with van der Waals surface area (Å²) in [4.78, 5) is 11.3. The van der Waals surface area contributed by atoms with Gasteiger partial charge in [0.2, 0.25) is 5.91 Å². The molecule has 1 amide bonds. The fraction of sp³-hybridized carbons (Fsp3) is 0.500. The van der Waals surface area contributed by atoms with Crippen molar-refractivity contribution in [3.05, 3.63) is 58.7 Å². The molecule has 1 atom stereocenters. The van der Waals surface area contributed by atoms with Crippen LogP contribution in [0.1, 0.15) is 54.4 Å². The van der Waals surface area contributed by atoms with E-state index in [0.717, 1.165) is 5.57 Å². The van der Waals surface area contributed by atoms with E-state index in [4.69, 9.17) is 0 Å². The molecule has 1 rings (SSSR count). The predicted molar refractivity (Wildman–Crippen MR) is 105 cm³/mol. The van der Waals surface area contributed by atoms with Gasteiger partial charge in [-0.1, -0.05) is 62.3 Å². The minimum atomic E-state index is -0.0752. The Kier molecular flexibility index (Phi) is 7.47. The molecule has 1 unspecified atom stereocenters. The van der Waals surface area contributed by atoms with Crippen LogP contribution < -0.4 is 5.32 Å². The SMILES string of the molecule is CNC(=O)/C=C(C)/C=C/C=C(C)/C=C/C1=C(C)C(C)CCC1(C)C. The highest BCUT2D eigenvalue weighted by Crippen LogP contribution is 2.43. The molecule has 0 aromatic rings. The first kappa shape index (κ1) is 20.2. The monoisotopic (exact) mass is 327 g/mol. The van der Waals surface area contributed by atoms with E-state index in [1.165, 1.54) is 29.6 Å². The summed E-state index contributed by atoms with van der Waals surface area (Å²) in [5, 5.41) is 2.59. The second kappa shape index (κ2) is 8.86. The number of carbonyl (C=O) groups excluding carboxylic acids is 1. The van der Waals surface area contributed by atoms with E-state index < -0.39 is 0 Å². The maximum atomic E-state index is 11.3. The van der Waals surface area contributed by atoms with E-state index in [1.807, 2.05) is 19.1 Å². The van der Waals surface area contributed by atoms with Crippen molar-refractivity contribution in [2.75, 3.05) is 7.05 Å². The van der Waals surface area contributed by atoms with Crippen molar-refractivity contribution >= 4 is 5.91 Å². The molecule has 0 saturated carbocycles. The van der Waals surface area contributed by atoms with Gasteiger partial charge in [0.25, 0.3) is 0 Å². The highest BCUT2D eigenvalue weighted by Gasteiger charge is 2.29. The third-order valence-electron chi connectivity index (χ3n) is 4.93. The van der Waals surface area contributed by atoms with Crippen molar-refractivity contribution < 1.29 is 4.79 Å². The first-order valence-corrected chi connectivity index (χ1v) is 8.81. The standard InChI is InChI=1S/C22H33NO/c1-16(9-8-10-17(2)15-21(24)23-7)11-12-20-19(4)18(3)13-14-22(20,5)6/h8-12,15,18H,13-14H2,1-7H3,(H,23,24)/b10-8+,12-11+,16-9+,17-15+. The third kappa shape index (κ3) is 5.99. The third-order valence-corrected chi connectivity index (χ3v) is 4.93. The second-order valence-corrected chi connectivity index (χ2v) is 7.53. The van der Waals surface area contributed by atoms with Gasteiger partial charge in [0.15, 0.2) is 0 Å². The Balaban J connectivity index is 2.84. The van der Waals surface area contributed by atoms with E-state index in [1.54, 1.807) is 13.1 Å². The van der Waals surface area contributed by atoms with Crippen LogP contribution in [0, 0.1) is 11.3 Å². The quantitative estimate of drug-likeness (QED) is 0.523. The maximum absolute atomic E-state index is 11.3. The fourth-order valence-corrected chi connectivity index (χ4v) is 3.03. The highest BCUT2D eigenvalue weighted by molar-refractivity contribution is 5.88. The van der Waals surface area contributed by atoms with E-state index >= 15 is 0 Å². The molecule has 2 nitrogen and oxygen atoms in total. The molecule has 0 saturated heterocycles. The number of rotatable bonds is 5. The molecule has 0 aromatic carbocycles. The minimum Gasteiger partial charge on any atom is -0.356 e. The van der Waals surface area contributed by atoms with Gasteiger partial charge in [-0.15, -0.1) is 0 Å². The Labute approximate surface area is 148 Å². The van der Waals surface area contributed by atoms with Crippen molar-refractivity contribution in [1.82, 2.24) is 5.32 Å². The molecule has 0 heterocycles. The molecular weight excluding hydrogens is 294 g/mol. The summed E-state index contributed by atoms with van der Waals surface area (Å²) in [5.74, 6) is 0.605. The number of carbonyl (C=O) groups is 1. The van der Waals surface area contributed by atoms with Crippen LogP contribution in [0.5, 0.6) is 0 Å². The van der Waals surface area contributed by atoms with Crippen molar-refractivity contribution in [3.8, 4) is 0 Å². The molecule has 0 radical (unpaired) electrons. The van der Waals surface area contributed by atoms with Crippen LogP contribution in [0.15, 0.2) is 58.7 Å². The fourth-order valence-electron chi connectivity index (χ4n) is 3.03. The summed E-state index contributed by atoms with van der Waals surface area (Å²) in [6, 6.07) is 0. The van der Waals surface area contributed by atoms with E-state index in [-0.39, 0.29) is 11.3 Å².